The third-order valence-corrected chi connectivity index (χ3v) is 3.54. The molecule has 6 heteroatoms. The van der Waals surface area contributed by atoms with E-state index in [1.807, 2.05) is 23.6 Å². The second kappa shape index (κ2) is 5.69. The fourth-order valence-corrected chi connectivity index (χ4v) is 2.46. The minimum atomic E-state index is -0.213. The van der Waals surface area contributed by atoms with Crippen LogP contribution in [0, 0.1) is 6.92 Å². The van der Waals surface area contributed by atoms with Crippen LogP contribution in [0.1, 0.15) is 16.1 Å². The lowest BCUT2D eigenvalue weighted by molar-refractivity contribution is 0.102. The van der Waals surface area contributed by atoms with Crippen LogP contribution in [-0.4, -0.2) is 22.4 Å². The summed E-state index contributed by atoms with van der Waals surface area (Å²) in [5.74, 6) is 0.351. The minimum Gasteiger partial charge on any atom is -0.495 e. The van der Waals surface area contributed by atoms with E-state index in [0.29, 0.717) is 22.0 Å². The average Bonchev–Trinajstić information content (AvgIpc) is 2.86. The van der Waals surface area contributed by atoms with E-state index in [0.717, 1.165) is 11.3 Å². The number of anilines is 1. The molecule has 22 heavy (non-hydrogen) atoms. The fourth-order valence-electron chi connectivity index (χ4n) is 2.20. The van der Waals surface area contributed by atoms with Crippen molar-refractivity contribution in [3.63, 3.8) is 0 Å². The zero-order valence-electron chi connectivity index (χ0n) is 12.1. The molecule has 0 aliphatic rings. The second-order valence-corrected chi connectivity index (χ2v) is 5.28. The summed E-state index contributed by atoms with van der Waals surface area (Å²) in [4.78, 5) is 16.6. The number of pyridine rings is 1. The standard InChI is InChI=1S/C16H14ClN3O2/c1-10-8-20-9-11(3-6-15(20)18-10)16(21)19-12-4-5-14(22-2)13(17)7-12/h3-9H,1-2H3,(H,19,21). The summed E-state index contributed by atoms with van der Waals surface area (Å²) in [5.41, 5.74) is 2.86. The molecule has 1 amide bonds. The van der Waals surface area contributed by atoms with Gasteiger partial charge in [-0.05, 0) is 37.3 Å². The van der Waals surface area contributed by atoms with Crippen molar-refractivity contribution in [2.24, 2.45) is 0 Å². The van der Waals surface area contributed by atoms with Gasteiger partial charge in [0.15, 0.2) is 0 Å². The summed E-state index contributed by atoms with van der Waals surface area (Å²) in [6.45, 7) is 1.91. The zero-order chi connectivity index (χ0) is 15.7. The first-order valence-electron chi connectivity index (χ1n) is 6.67. The van der Waals surface area contributed by atoms with Gasteiger partial charge in [0.1, 0.15) is 11.4 Å². The second-order valence-electron chi connectivity index (χ2n) is 4.87. The van der Waals surface area contributed by atoms with Gasteiger partial charge in [0, 0.05) is 18.1 Å². The number of ether oxygens (including phenoxy) is 1. The molecule has 0 saturated carbocycles. The van der Waals surface area contributed by atoms with Crippen LogP contribution in [0.2, 0.25) is 5.02 Å². The van der Waals surface area contributed by atoms with Crippen molar-refractivity contribution < 1.29 is 9.53 Å². The van der Waals surface area contributed by atoms with Crippen LogP contribution in [0.5, 0.6) is 5.75 Å². The number of carbonyl (C=O) groups is 1. The molecule has 1 N–H and O–H groups in total. The number of imidazole rings is 1. The van der Waals surface area contributed by atoms with Gasteiger partial charge in [-0.15, -0.1) is 0 Å². The smallest absolute Gasteiger partial charge is 0.257 e. The molecule has 2 aromatic heterocycles. The Morgan fingerprint density at radius 2 is 2.09 bits per heavy atom. The van der Waals surface area contributed by atoms with Gasteiger partial charge in [-0.25, -0.2) is 4.98 Å². The number of methoxy groups -OCH3 is 1. The molecule has 0 aliphatic heterocycles. The normalized spacial score (nSPS) is 10.7. The van der Waals surface area contributed by atoms with Crippen molar-refractivity contribution in [1.82, 2.24) is 9.38 Å². The lowest BCUT2D eigenvalue weighted by Gasteiger charge is -2.08. The van der Waals surface area contributed by atoms with E-state index in [4.69, 9.17) is 16.3 Å². The van der Waals surface area contributed by atoms with Gasteiger partial charge in [-0.1, -0.05) is 11.6 Å². The lowest BCUT2D eigenvalue weighted by atomic mass is 10.2. The zero-order valence-corrected chi connectivity index (χ0v) is 12.9. The highest BCUT2D eigenvalue weighted by molar-refractivity contribution is 6.32. The van der Waals surface area contributed by atoms with Crippen molar-refractivity contribution >= 4 is 28.8 Å². The van der Waals surface area contributed by atoms with Crippen LogP contribution in [0.25, 0.3) is 5.65 Å². The Kier molecular flexibility index (Phi) is 3.73. The number of hydrogen-bond acceptors (Lipinski definition) is 3. The van der Waals surface area contributed by atoms with E-state index in [-0.39, 0.29) is 5.91 Å². The highest BCUT2D eigenvalue weighted by Gasteiger charge is 2.09. The lowest BCUT2D eigenvalue weighted by Crippen LogP contribution is -2.12. The average molecular weight is 316 g/mol. The molecule has 0 fully saturated rings. The minimum absolute atomic E-state index is 0.213. The molecule has 0 saturated heterocycles. The number of nitrogens with one attached hydrogen (secondary N) is 1. The Morgan fingerprint density at radius 1 is 1.27 bits per heavy atom. The maximum Gasteiger partial charge on any atom is 0.257 e. The third kappa shape index (κ3) is 2.76. The molecule has 0 radical (unpaired) electrons. The Bertz CT molecular complexity index is 858. The Balaban J connectivity index is 1.84. The SMILES string of the molecule is COc1ccc(NC(=O)c2ccc3nc(C)cn3c2)cc1Cl. The number of carbonyl (C=O) groups excluding carboxylic acids is 1. The van der Waals surface area contributed by atoms with Crippen LogP contribution in [-0.2, 0) is 0 Å². The number of aromatic nitrogens is 2. The number of nitrogens with zero attached hydrogens (tertiary/aromatic N) is 2. The number of halogens is 1. The molecule has 5 nitrogen and oxygen atoms in total. The molecule has 3 aromatic rings. The first kappa shape index (κ1) is 14.4. The Labute approximate surface area is 132 Å². The monoisotopic (exact) mass is 315 g/mol. The Morgan fingerprint density at radius 3 is 2.82 bits per heavy atom. The summed E-state index contributed by atoms with van der Waals surface area (Å²) in [6, 6.07) is 8.65. The van der Waals surface area contributed by atoms with Crippen LogP contribution in [0.15, 0.2) is 42.7 Å². The van der Waals surface area contributed by atoms with E-state index >= 15 is 0 Å². The number of fused-ring (bicyclic) bond motifs is 1. The molecule has 1 aromatic carbocycles. The van der Waals surface area contributed by atoms with Crippen molar-refractivity contribution in [3.8, 4) is 5.75 Å². The maximum absolute atomic E-state index is 12.3. The summed E-state index contributed by atoms with van der Waals surface area (Å²) in [6.07, 6.45) is 3.62. The quantitative estimate of drug-likeness (QED) is 0.804. The predicted octanol–water partition coefficient (Wildman–Crippen LogP) is 3.56. The molecular formula is C16H14ClN3O2. The largest absolute Gasteiger partial charge is 0.495 e. The van der Waals surface area contributed by atoms with Crippen LogP contribution >= 0.6 is 11.6 Å². The summed E-state index contributed by atoms with van der Waals surface area (Å²) in [5, 5.41) is 3.25. The first-order valence-corrected chi connectivity index (χ1v) is 7.05. The van der Waals surface area contributed by atoms with E-state index in [1.165, 1.54) is 0 Å². The Hall–Kier alpha value is -2.53. The van der Waals surface area contributed by atoms with Gasteiger partial charge in [0.25, 0.3) is 5.91 Å². The topological polar surface area (TPSA) is 55.6 Å². The van der Waals surface area contributed by atoms with E-state index < -0.39 is 0 Å². The molecule has 0 unspecified atom stereocenters. The number of benzene rings is 1. The van der Waals surface area contributed by atoms with Crippen molar-refractivity contribution in [2.75, 3.05) is 12.4 Å². The predicted molar refractivity (Wildman–Crippen MR) is 85.9 cm³/mol. The summed E-state index contributed by atoms with van der Waals surface area (Å²) >= 11 is 6.05. The van der Waals surface area contributed by atoms with Crippen molar-refractivity contribution in [2.45, 2.75) is 6.92 Å². The fraction of sp³-hybridized carbons (Fsp3) is 0.125. The van der Waals surface area contributed by atoms with Gasteiger partial charge in [0.2, 0.25) is 0 Å². The maximum atomic E-state index is 12.3. The van der Waals surface area contributed by atoms with Gasteiger partial charge in [-0.3, -0.25) is 4.79 Å². The molecule has 112 valence electrons. The van der Waals surface area contributed by atoms with Crippen molar-refractivity contribution in [1.29, 1.82) is 0 Å². The molecule has 0 bridgehead atoms. The molecule has 2 heterocycles. The van der Waals surface area contributed by atoms with Crippen LogP contribution in [0.3, 0.4) is 0 Å². The number of rotatable bonds is 3. The van der Waals surface area contributed by atoms with E-state index in [9.17, 15) is 4.79 Å². The van der Waals surface area contributed by atoms with Gasteiger partial charge < -0.3 is 14.5 Å². The highest BCUT2D eigenvalue weighted by atomic mass is 35.5. The number of amides is 1. The van der Waals surface area contributed by atoms with Crippen LogP contribution in [0.4, 0.5) is 5.69 Å². The molecule has 0 spiro atoms. The number of hydrogen-bond donors (Lipinski definition) is 1. The van der Waals surface area contributed by atoms with Gasteiger partial charge >= 0.3 is 0 Å². The first-order chi connectivity index (χ1) is 10.6. The van der Waals surface area contributed by atoms with Gasteiger partial charge in [0.05, 0.1) is 23.4 Å². The molecular weight excluding hydrogens is 302 g/mol. The van der Waals surface area contributed by atoms with E-state index in [1.54, 1.807) is 37.6 Å². The number of aryl methyl sites for hydroxylation is 1. The molecule has 0 aliphatic carbocycles. The highest BCUT2D eigenvalue weighted by Crippen LogP contribution is 2.27. The van der Waals surface area contributed by atoms with Crippen molar-refractivity contribution in [3.05, 3.63) is 59.0 Å². The summed E-state index contributed by atoms with van der Waals surface area (Å²) in [7, 11) is 1.54. The summed E-state index contributed by atoms with van der Waals surface area (Å²) < 4.78 is 6.91. The van der Waals surface area contributed by atoms with Gasteiger partial charge in [-0.2, -0.15) is 0 Å². The van der Waals surface area contributed by atoms with Crippen LogP contribution < -0.4 is 10.1 Å². The molecule has 0 atom stereocenters. The third-order valence-electron chi connectivity index (χ3n) is 3.24. The van der Waals surface area contributed by atoms with E-state index in [2.05, 4.69) is 10.3 Å². The molecule has 3 rings (SSSR count).